The molecule has 1 aromatic heterocycles. The lowest BCUT2D eigenvalue weighted by atomic mass is 9.86. The predicted octanol–water partition coefficient (Wildman–Crippen LogP) is 5.56. The van der Waals surface area contributed by atoms with E-state index < -0.39 is 18.2 Å². The molecule has 3 fully saturated rings. The summed E-state index contributed by atoms with van der Waals surface area (Å²) in [6.45, 7) is 4.72. The minimum absolute atomic E-state index is 0.0473. The van der Waals surface area contributed by atoms with Crippen LogP contribution in [0.3, 0.4) is 0 Å². The van der Waals surface area contributed by atoms with Gasteiger partial charge in [0.2, 0.25) is 5.56 Å². The predicted molar refractivity (Wildman–Crippen MR) is 214 cm³/mol. The van der Waals surface area contributed by atoms with Gasteiger partial charge in [-0.15, -0.1) is 0 Å². The first-order valence-electron chi connectivity index (χ1n) is 19.4. The number of piperidine rings is 3. The van der Waals surface area contributed by atoms with Gasteiger partial charge in [-0.25, -0.2) is 4.79 Å². The number of ether oxygens (including phenoxy) is 2. The molecular weight excluding hydrogens is 711 g/mol. The van der Waals surface area contributed by atoms with Gasteiger partial charge < -0.3 is 40.6 Å². The number of rotatable bonds is 16. The van der Waals surface area contributed by atoms with Crippen molar-refractivity contribution in [3.8, 4) is 11.5 Å². The molecule has 0 spiro atoms. The molecule has 56 heavy (non-hydrogen) atoms. The number of nitrogens with zero attached hydrogens (tertiary/aromatic N) is 1. The lowest BCUT2D eigenvalue weighted by Crippen LogP contribution is -2.52. The molecule has 3 aliphatic heterocycles. The molecule has 2 amide bonds. The molecule has 4 aromatic carbocycles. The zero-order chi connectivity index (χ0) is 38.9. The number of carbonyl (C=O) groups excluding carboxylic acids is 2. The Morgan fingerprint density at radius 1 is 0.875 bits per heavy atom. The van der Waals surface area contributed by atoms with E-state index in [1.165, 1.54) is 12.1 Å². The topological polar surface area (TPSA) is 165 Å². The van der Waals surface area contributed by atoms with Gasteiger partial charge in [0.25, 0.3) is 5.91 Å². The van der Waals surface area contributed by atoms with Crippen molar-refractivity contribution in [2.24, 2.45) is 5.92 Å². The normalized spacial score (nSPS) is 18.6. The summed E-state index contributed by atoms with van der Waals surface area (Å²) in [7, 11) is 0. The zero-order valence-corrected chi connectivity index (χ0v) is 31.3. The number of fused-ring (bicyclic) bond motifs is 4. The average Bonchev–Trinajstić information content (AvgIpc) is 3.23. The Bertz CT molecular complexity index is 2150. The van der Waals surface area contributed by atoms with E-state index in [4.69, 9.17) is 9.47 Å². The molecule has 12 nitrogen and oxygen atoms in total. The summed E-state index contributed by atoms with van der Waals surface area (Å²) in [5.74, 6) is 0.881. The number of hydrogen-bond donors (Lipinski definition) is 6. The number of benzene rings is 4. The number of aromatic amines is 1. The van der Waals surface area contributed by atoms with Gasteiger partial charge >= 0.3 is 6.09 Å². The smallest absolute Gasteiger partial charge is 0.408 e. The van der Waals surface area contributed by atoms with E-state index in [0.717, 1.165) is 62.0 Å². The number of unbranched alkanes of at least 4 members (excludes halogenated alkanes) is 1. The molecule has 3 aliphatic rings. The van der Waals surface area contributed by atoms with E-state index in [-0.39, 0.29) is 23.3 Å². The molecule has 12 heteroatoms. The largest absolute Gasteiger partial charge is 0.506 e. The van der Waals surface area contributed by atoms with Crippen molar-refractivity contribution in [2.75, 3.05) is 39.3 Å². The number of pyridine rings is 1. The van der Waals surface area contributed by atoms with E-state index in [2.05, 4.69) is 25.8 Å². The quantitative estimate of drug-likeness (QED) is 0.0708. The highest BCUT2D eigenvalue weighted by molar-refractivity contribution is 5.94. The molecule has 3 saturated heterocycles. The summed E-state index contributed by atoms with van der Waals surface area (Å²) >= 11 is 0. The molecule has 0 aliphatic carbocycles. The monoisotopic (exact) mass is 759 g/mol. The maximum absolute atomic E-state index is 13.2. The second-order valence-electron chi connectivity index (χ2n) is 14.6. The first-order valence-corrected chi connectivity index (χ1v) is 19.4. The van der Waals surface area contributed by atoms with Crippen LogP contribution in [0.25, 0.3) is 10.9 Å². The van der Waals surface area contributed by atoms with Crippen LogP contribution < -0.4 is 26.2 Å². The van der Waals surface area contributed by atoms with Crippen LogP contribution in [0.1, 0.15) is 70.4 Å². The van der Waals surface area contributed by atoms with Crippen molar-refractivity contribution in [3.05, 3.63) is 141 Å². The molecule has 0 saturated carbocycles. The van der Waals surface area contributed by atoms with Gasteiger partial charge in [0.05, 0.1) is 17.7 Å². The molecule has 4 heterocycles. The summed E-state index contributed by atoms with van der Waals surface area (Å²) in [6.07, 6.45) is 2.36. The number of H-pyrrole nitrogens is 1. The molecular formula is C44H49N5O7. The molecule has 8 rings (SSSR count). The lowest BCUT2D eigenvalue weighted by molar-refractivity contribution is -0.0336. The van der Waals surface area contributed by atoms with Gasteiger partial charge in [-0.05, 0) is 110 Å². The maximum atomic E-state index is 13.2. The molecule has 0 radical (unpaired) electrons. The zero-order valence-electron chi connectivity index (χ0n) is 31.3. The molecule has 6 N–H and O–H groups in total. The van der Waals surface area contributed by atoms with Crippen molar-refractivity contribution in [2.45, 2.75) is 50.5 Å². The van der Waals surface area contributed by atoms with E-state index in [1.807, 2.05) is 66.7 Å². The number of aliphatic hydroxyl groups is 1. The average molecular weight is 760 g/mol. The molecule has 2 bridgehead atoms. The Balaban J connectivity index is 0.844. The summed E-state index contributed by atoms with van der Waals surface area (Å²) in [4.78, 5) is 42.6. The minimum atomic E-state index is -0.826. The summed E-state index contributed by atoms with van der Waals surface area (Å²) in [6, 6.07) is 30.5. The van der Waals surface area contributed by atoms with Gasteiger partial charge in [-0.1, -0.05) is 60.7 Å². The lowest BCUT2D eigenvalue weighted by Gasteiger charge is -2.43. The number of aromatic nitrogens is 1. The Labute approximate surface area is 325 Å². The van der Waals surface area contributed by atoms with Gasteiger partial charge in [0.15, 0.2) is 0 Å². The van der Waals surface area contributed by atoms with E-state index in [9.17, 15) is 24.6 Å². The number of phenolic OH excluding ortho intramolecular Hbond substituents is 1. The highest BCUT2D eigenvalue weighted by Crippen LogP contribution is 2.31. The first kappa shape index (κ1) is 38.6. The van der Waals surface area contributed by atoms with Crippen molar-refractivity contribution in [1.29, 1.82) is 0 Å². The fourth-order valence-corrected chi connectivity index (χ4v) is 7.62. The Morgan fingerprint density at radius 3 is 2.41 bits per heavy atom. The van der Waals surface area contributed by atoms with E-state index >= 15 is 0 Å². The van der Waals surface area contributed by atoms with E-state index in [1.54, 1.807) is 24.3 Å². The van der Waals surface area contributed by atoms with Crippen LogP contribution >= 0.6 is 0 Å². The fourth-order valence-electron chi connectivity index (χ4n) is 7.62. The number of aliphatic hydroxyl groups excluding tert-OH is 1. The van der Waals surface area contributed by atoms with Crippen molar-refractivity contribution in [3.63, 3.8) is 0 Å². The third-order valence-electron chi connectivity index (χ3n) is 10.7. The highest BCUT2D eigenvalue weighted by atomic mass is 16.6. The number of alkyl carbamates (subject to hydrolysis) is 1. The number of amides is 2. The second kappa shape index (κ2) is 18.3. The highest BCUT2D eigenvalue weighted by Gasteiger charge is 2.37. The van der Waals surface area contributed by atoms with Crippen LogP contribution in [-0.4, -0.2) is 77.5 Å². The summed E-state index contributed by atoms with van der Waals surface area (Å²) in [5, 5.41) is 30.7. The van der Waals surface area contributed by atoms with Crippen LogP contribution in [0.5, 0.6) is 11.5 Å². The van der Waals surface area contributed by atoms with Crippen LogP contribution in [0, 0.1) is 5.92 Å². The Kier molecular flexibility index (Phi) is 12.6. The number of carbonyl (C=O) groups is 2. The minimum Gasteiger partial charge on any atom is -0.506 e. The standard InChI is InChI=1S/C44H49N5O7/c50-37-17-15-35(36-16-18-40(52)47-42(36)37)38(51)26-45-21-4-5-22-46-43(53)32-13-11-29(12-14-32)28-55-34-10-6-9-33(25-34)41(31-7-2-1-3-8-31)48-44(54)56-39-27-49-23-19-30(39)20-24-49/h1-3,6-18,25,30,38-39,41,45,50-51H,4-5,19-24,26-28H2,(H,46,53)(H,47,52)(H,48,54)/t38-,39+,41?/m1/s1. The third-order valence-corrected chi connectivity index (χ3v) is 10.7. The van der Waals surface area contributed by atoms with Crippen LogP contribution in [0.15, 0.2) is 108 Å². The van der Waals surface area contributed by atoms with Crippen LogP contribution in [0.2, 0.25) is 0 Å². The van der Waals surface area contributed by atoms with Crippen LogP contribution in [-0.2, 0) is 11.3 Å². The molecule has 5 aromatic rings. The summed E-state index contributed by atoms with van der Waals surface area (Å²) in [5.41, 5.74) is 3.87. The van der Waals surface area contributed by atoms with E-state index in [0.29, 0.717) is 59.9 Å². The third kappa shape index (κ3) is 9.75. The molecule has 1 unspecified atom stereocenters. The van der Waals surface area contributed by atoms with Gasteiger partial charge in [0, 0.05) is 36.7 Å². The van der Waals surface area contributed by atoms with Gasteiger partial charge in [-0.3, -0.25) is 14.5 Å². The number of nitrogens with one attached hydrogen (secondary N) is 4. The van der Waals surface area contributed by atoms with Crippen molar-refractivity contribution in [1.82, 2.24) is 25.8 Å². The van der Waals surface area contributed by atoms with Crippen molar-refractivity contribution >= 4 is 22.9 Å². The number of aromatic hydroxyl groups is 1. The number of phenols is 1. The van der Waals surface area contributed by atoms with Crippen LogP contribution in [0.4, 0.5) is 4.79 Å². The number of hydrogen-bond acceptors (Lipinski definition) is 9. The van der Waals surface area contributed by atoms with Crippen molar-refractivity contribution < 1.29 is 29.3 Å². The SMILES string of the molecule is O=C(NC(c1ccccc1)c1cccc(OCc2ccc(C(=O)NCCCCNC[C@@H](O)c3ccc(O)c4[nH]c(=O)ccc34)cc2)c1)O[C@H]1CN2CCC1CC2. The molecule has 3 atom stereocenters. The summed E-state index contributed by atoms with van der Waals surface area (Å²) < 4.78 is 12.1. The molecule has 292 valence electrons. The Hall–Kier alpha value is -5.69. The second-order valence-corrected chi connectivity index (χ2v) is 14.6. The van der Waals surface area contributed by atoms with Gasteiger partial charge in [-0.2, -0.15) is 0 Å². The fraction of sp³-hybridized carbons (Fsp3) is 0.341. The first-order chi connectivity index (χ1) is 27.3. The van der Waals surface area contributed by atoms with Gasteiger partial charge in [0.1, 0.15) is 24.2 Å². The Morgan fingerprint density at radius 2 is 1.64 bits per heavy atom. The maximum Gasteiger partial charge on any atom is 0.408 e.